The van der Waals surface area contributed by atoms with Gasteiger partial charge in [-0.3, -0.25) is 0 Å². The first kappa shape index (κ1) is 13.3. The highest BCUT2D eigenvalue weighted by molar-refractivity contribution is 9.10. The Kier molecular flexibility index (Phi) is 4.52. The van der Waals surface area contributed by atoms with Gasteiger partial charge in [0.1, 0.15) is 17.3 Å². The molecular weight excluding hydrogens is 318 g/mol. The predicted octanol–water partition coefficient (Wildman–Crippen LogP) is 3.78. The van der Waals surface area contributed by atoms with Gasteiger partial charge in [-0.2, -0.15) is 0 Å². The van der Waals surface area contributed by atoms with E-state index in [2.05, 4.69) is 31.2 Å². The molecule has 0 unspecified atom stereocenters. The number of benzene rings is 1. The number of anilines is 2. The van der Waals surface area contributed by atoms with Gasteiger partial charge in [-0.1, -0.05) is 29.8 Å². The van der Waals surface area contributed by atoms with Gasteiger partial charge in [-0.05, 0) is 22.0 Å². The molecule has 0 amide bonds. The Bertz CT molecular complexity index is 551. The first-order chi connectivity index (χ1) is 8.72. The number of ether oxygens (including phenoxy) is 1. The molecule has 4 nitrogen and oxygen atoms in total. The second-order valence-electron chi connectivity index (χ2n) is 3.54. The summed E-state index contributed by atoms with van der Waals surface area (Å²) in [5.41, 5.74) is 1.97. The molecule has 0 aliphatic rings. The van der Waals surface area contributed by atoms with Gasteiger partial charge in [0.05, 0.1) is 11.1 Å². The predicted molar refractivity (Wildman–Crippen MR) is 75.2 cm³/mol. The molecule has 6 heteroatoms. The summed E-state index contributed by atoms with van der Waals surface area (Å²) in [5, 5.41) is 3.58. The Hall–Kier alpha value is -1.17. The number of rotatable bonds is 4. The molecule has 0 aliphatic carbocycles. The fraction of sp³-hybridized carbons (Fsp3) is 0.167. The number of hydrogen-bond acceptors (Lipinski definition) is 4. The lowest BCUT2D eigenvalue weighted by Crippen LogP contribution is -2.00. The SMILES string of the molecule is COCc1ccccc1Nc1ncnc(Cl)c1Br. The molecule has 1 aromatic carbocycles. The van der Waals surface area contributed by atoms with Crippen LogP contribution in [0.25, 0.3) is 0 Å². The second kappa shape index (κ2) is 6.13. The first-order valence-electron chi connectivity index (χ1n) is 5.22. The number of hydrogen-bond donors (Lipinski definition) is 1. The van der Waals surface area contributed by atoms with Crippen LogP contribution in [0.5, 0.6) is 0 Å². The van der Waals surface area contributed by atoms with Gasteiger partial charge >= 0.3 is 0 Å². The van der Waals surface area contributed by atoms with Gasteiger partial charge in [-0.15, -0.1) is 0 Å². The molecule has 0 fully saturated rings. The summed E-state index contributed by atoms with van der Waals surface area (Å²) < 4.78 is 5.79. The van der Waals surface area contributed by atoms with E-state index in [-0.39, 0.29) is 0 Å². The van der Waals surface area contributed by atoms with Crippen LogP contribution in [0.3, 0.4) is 0 Å². The van der Waals surface area contributed by atoms with Crippen molar-refractivity contribution < 1.29 is 4.74 Å². The number of halogens is 2. The van der Waals surface area contributed by atoms with Crippen molar-refractivity contribution in [3.05, 3.63) is 45.8 Å². The minimum absolute atomic E-state index is 0.372. The van der Waals surface area contributed by atoms with E-state index in [1.54, 1.807) is 7.11 Å². The number of nitrogens with one attached hydrogen (secondary N) is 1. The third-order valence-electron chi connectivity index (χ3n) is 2.32. The summed E-state index contributed by atoms with van der Waals surface area (Å²) in [6.07, 6.45) is 1.41. The maximum Gasteiger partial charge on any atom is 0.149 e. The van der Waals surface area contributed by atoms with Crippen molar-refractivity contribution in [2.75, 3.05) is 12.4 Å². The molecule has 0 saturated carbocycles. The van der Waals surface area contributed by atoms with E-state index in [0.717, 1.165) is 11.3 Å². The zero-order valence-electron chi connectivity index (χ0n) is 9.65. The number of nitrogens with zero attached hydrogens (tertiary/aromatic N) is 2. The summed E-state index contributed by atoms with van der Waals surface area (Å²) in [6, 6.07) is 7.85. The number of para-hydroxylation sites is 1. The Balaban J connectivity index is 2.31. The van der Waals surface area contributed by atoms with E-state index in [0.29, 0.717) is 22.1 Å². The Morgan fingerprint density at radius 1 is 1.33 bits per heavy atom. The molecule has 2 rings (SSSR count). The molecule has 94 valence electrons. The van der Waals surface area contributed by atoms with Crippen molar-refractivity contribution in [2.24, 2.45) is 0 Å². The third kappa shape index (κ3) is 2.98. The molecule has 1 aromatic heterocycles. The fourth-order valence-electron chi connectivity index (χ4n) is 1.49. The van der Waals surface area contributed by atoms with E-state index in [4.69, 9.17) is 16.3 Å². The van der Waals surface area contributed by atoms with Crippen LogP contribution in [-0.2, 0) is 11.3 Å². The lowest BCUT2D eigenvalue weighted by molar-refractivity contribution is 0.185. The van der Waals surface area contributed by atoms with Crippen molar-refractivity contribution >= 4 is 39.0 Å². The standard InChI is InChI=1S/C12H11BrClN3O/c1-18-6-8-4-2-3-5-9(8)17-12-10(13)11(14)15-7-16-12/h2-5,7H,6H2,1H3,(H,15,16,17). The highest BCUT2D eigenvalue weighted by Gasteiger charge is 2.08. The van der Waals surface area contributed by atoms with Crippen LogP contribution >= 0.6 is 27.5 Å². The zero-order chi connectivity index (χ0) is 13.0. The van der Waals surface area contributed by atoms with Crippen LogP contribution in [-0.4, -0.2) is 17.1 Å². The van der Waals surface area contributed by atoms with Gasteiger partial charge in [0.25, 0.3) is 0 Å². The summed E-state index contributed by atoms with van der Waals surface area (Å²) in [5.74, 6) is 0.624. The van der Waals surface area contributed by atoms with E-state index in [1.807, 2.05) is 24.3 Å². The van der Waals surface area contributed by atoms with Crippen LogP contribution in [0, 0.1) is 0 Å². The molecule has 0 spiro atoms. The maximum atomic E-state index is 5.92. The first-order valence-corrected chi connectivity index (χ1v) is 6.39. The van der Waals surface area contributed by atoms with Crippen LogP contribution < -0.4 is 5.32 Å². The minimum atomic E-state index is 0.372. The van der Waals surface area contributed by atoms with E-state index in [1.165, 1.54) is 6.33 Å². The molecule has 2 aromatic rings. The lowest BCUT2D eigenvalue weighted by atomic mass is 10.2. The maximum absolute atomic E-state index is 5.92. The summed E-state index contributed by atoms with van der Waals surface area (Å²) in [6.45, 7) is 0.527. The largest absolute Gasteiger partial charge is 0.380 e. The van der Waals surface area contributed by atoms with Gasteiger partial charge in [-0.25, -0.2) is 9.97 Å². The summed E-state index contributed by atoms with van der Waals surface area (Å²) in [7, 11) is 1.66. The summed E-state index contributed by atoms with van der Waals surface area (Å²) >= 11 is 9.27. The normalized spacial score (nSPS) is 10.4. The van der Waals surface area contributed by atoms with Crippen molar-refractivity contribution in [3.63, 3.8) is 0 Å². The average Bonchev–Trinajstić information content (AvgIpc) is 2.37. The van der Waals surface area contributed by atoms with Gasteiger partial charge in [0, 0.05) is 18.4 Å². The molecule has 0 bridgehead atoms. The van der Waals surface area contributed by atoms with Crippen molar-refractivity contribution in [2.45, 2.75) is 6.61 Å². The van der Waals surface area contributed by atoms with Crippen LogP contribution in [0.2, 0.25) is 5.15 Å². The van der Waals surface area contributed by atoms with Crippen molar-refractivity contribution in [1.82, 2.24) is 9.97 Å². The number of methoxy groups -OCH3 is 1. The monoisotopic (exact) mass is 327 g/mol. The molecular formula is C12H11BrClN3O. The quantitative estimate of drug-likeness (QED) is 0.868. The highest BCUT2D eigenvalue weighted by atomic mass is 79.9. The molecule has 18 heavy (non-hydrogen) atoms. The molecule has 0 atom stereocenters. The van der Waals surface area contributed by atoms with Gasteiger partial charge < -0.3 is 10.1 Å². The molecule has 1 heterocycles. The van der Waals surface area contributed by atoms with Crippen molar-refractivity contribution in [1.29, 1.82) is 0 Å². The van der Waals surface area contributed by atoms with Crippen molar-refractivity contribution in [3.8, 4) is 0 Å². The second-order valence-corrected chi connectivity index (χ2v) is 4.69. The Morgan fingerprint density at radius 2 is 2.11 bits per heavy atom. The summed E-state index contributed by atoms with van der Waals surface area (Å²) in [4.78, 5) is 8.02. The topological polar surface area (TPSA) is 47.0 Å². The molecule has 0 radical (unpaired) electrons. The minimum Gasteiger partial charge on any atom is -0.380 e. The van der Waals surface area contributed by atoms with Crippen LogP contribution in [0.1, 0.15) is 5.56 Å². The average molecular weight is 329 g/mol. The Labute approximate surface area is 118 Å². The van der Waals surface area contributed by atoms with Crippen LogP contribution in [0.15, 0.2) is 35.1 Å². The zero-order valence-corrected chi connectivity index (χ0v) is 12.0. The lowest BCUT2D eigenvalue weighted by Gasteiger charge is -2.12. The van der Waals surface area contributed by atoms with Gasteiger partial charge in [0.15, 0.2) is 0 Å². The fourth-order valence-corrected chi connectivity index (χ4v) is 1.92. The smallest absolute Gasteiger partial charge is 0.149 e. The van der Waals surface area contributed by atoms with E-state index >= 15 is 0 Å². The van der Waals surface area contributed by atoms with E-state index in [9.17, 15) is 0 Å². The van der Waals surface area contributed by atoms with Crippen LogP contribution in [0.4, 0.5) is 11.5 Å². The molecule has 0 aliphatic heterocycles. The molecule has 0 saturated heterocycles. The Morgan fingerprint density at radius 3 is 2.89 bits per heavy atom. The van der Waals surface area contributed by atoms with Gasteiger partial charge in [0.2, 0.25) is 0 Å². The number of aromatic nitrogens is 2. The molecule has 1 N–H and O–H groups in total. The highest BCUT2D eigenvalue weighted by Crippen LogP contribution is 2.29. The van der Waals surface area contributed by atoms with E-state index < -0.39 is 0 Å². The third-order valence-corrected chi connectivity index (χ3v) is 3.58.